The molecule has 1 spiro atoms. The zero-order valence-electron chi connectivity index (χ0n) is 24.4. The summed E-state index contributed by atoms with van der Waals surface area (Å²) in [6, 6.07) is 0. The summed E-state index contributed by atoms with van der Waals surface area (Å²) in [6.45, 7) is 6.18. The summed E-state index contributed by atoms with van der Waals surface area (Å²) < 4.78 is 17.2. The highest BCUT2D eigenvalue weighted by Crippen LogP contribution is 2.83. The number of methoxy groups -OCH3 is 1. The van der Waals surface area contributed by atoms with Gasteiger partial charge in [-0.3, -0.25) is 9.59 Å². The van der Waals surface area contributed by atoms with Crippen molar-refractivity contribution in [2.45, 2.75) is 70.9 Å². The Balaban J connectivity index is 1.44. The number of aliphatic hydroxyl groups excluding tert-OH is 2. The molecule has 0 amide bonds. The fourth-order valence-corrected chi connectivity index (χ4v) is 11.5. The first-order valence-electron chi connectivity index (χ1n) is 15.0. The molecule has 0 bridgehead atoms. The third-order valence-electron chi connectivity index (χ3n) is 13.2. The van der Waals surface area contributed by atoms with Gasteiger partial charge in [-0.1, -0.05) is 19.4 Å². The topological polar surface area (TPSA) is 157 Å². The standard InChI is InChI=1S/C32H36O10/c1-11(27(37)40-5)22-24-23-14(13-6-16(13)30(23,4)26(36)25(22)35)7-20-29(3)18-8-19(18)32(39,41-12(2)34)21(29)9-17-15(10-33)28(38)42-31(17,20)24/h13,16,18-21,24,26,33,36,39H,6-10H2,1-5H3/b22-11-/t13-,16-,18-,19+,20+,21-,24+,26+,29-,30+,31?,32-/m1/s1. The van der Waals surface area contributed by atoms with E-state index >= 15 is 0 Å². The lowest BCUT2D eigenvalue weighted by molar-refractivity contribution is -0.256. The molecule has 12 atom stereocenters. The Kier molecular flexibility index (Phi) is 4.86. The molecule has 10 heteroatoms. The van der Waals surface area contributed by atoms with E-state index in [1.165, 1.54) is 21.0 Å². The van der Waals surface area contributed by atoms with Crippen LogP contribution in [0.5, 0.6) is 0 Å². The van der Waals surface area contributed by atoms with Crippen LogP contribution in [-0.2, 0) is 33.4 Å². The van der Waals surface area contributed by atoms with E-state index in [4.69, 9.17) is 14.2 Å². The van der Waals surface area contributed by atoms with Crippen LogP contribution in [0.25, 0.3) is 0 Å². The van der Waals surface area contributed by atoms with Crippen molar-refractivity contribution in [3.05, 3.63) is 33.4 Å². The number of fused-ring (bicyclic) bond motifs is 7. The van der Waals surface area contributed by atoms with Gasteiger partial charge in [-0.15, -0.1) is 0 Å². The molecule has 7 aliphatic carbocycles. The molecule has 42 heavy (non-hydrogen) atoms. The lowest BCUT2D eigenvalue weighted by Crippen LogP contribution is -2.67. The molecule has 224 valence electrons. The highest BCUT2D eigenvalue weighted by atomic mass is 16.7. The summed E-state index contributed by atoms with van der Waals surface area (Å²) in [5.41, 5.74) is -0.211. The molecule has 5 saturated carbocycles. The van der Waals surface area contributed by atoms with E-state index in [0.29, 0.717) is 18.4 Å². The maximum Gasteiger partial charge on any atom is 0.337 e. The molecule has 10 nitrogen and oxygen atoms in total. The Morgan fingerprint density at radius 2 is 1.76 bits per heavy atom. The molecule has 3 N–H and O–H groups in total. The van der Waals surface area contributed by atoms with Gasteiger partial charge in [0.25, 0.3) is 0 Å². The lowest BCUT2D eigenvalue weighted by Gasteiger charge is -2.63. The summed E-state index contributed by atoms with van der Waals surface area (Å²) in [5.74, 6) is -6.20. The second kappa shape index (κ2) is 7.63. The Morgan fingerprint density at radius 1 is 1.05 bits per heavy atom. The Labute approximate surface area is 242 Å². The Morgan fingerprint density at radius 3 is 2.40 bits per heavy atom. The van der Waals surface area contributed by atoms with Crippen LogP contribution >= 0.6 is 0 Å². The number of rotatable bonds is 3. The van der Waals surface area contributed by atoms with Crippen LogP contribution in [0, 0.1) is 52.3 Å². The number of esters is 3. The molecular weight excluding hydrogens is 544 g/mol. The van der Waals surface area contributed by atoms with Crippen LogP contribution in [0.4, 0.5) is 0 Å². The number of ketones is 1. The highest BCUT2D eigenvalue weighted by Gasteiger charge is 2.85. The molecule has 1 aliphatic heterocycles. The first-order chi connectivity index (χ1) is 19.7. The quantitative estimate of drug-likeness (QED) is 0.147. The van der Waals surface area contributed by atoms with Crippen LogP contribution in [0.1, 0.15) is 53.4 Å². The summed E-state index contributed by atoms with van der Waals surface area (Å²) in [5, 5.41) is 34.1. The highest BCUT2D eigenvalue weighted by molar-refractivity contribution is 6.09. The average Bonchev–Trinajstić information content (AvgIpc) is 3.84. The van der Waals surface area contributed by atoms with Gasteiger partial charge < -0.3 is 29.5 Å². The maximum absolute atomic E-state index is 14.3. The molecule has 0 radical (unpaired) electrons. The summed E-state index contributed by atoms with van der Waals surface area (Å²) in [4.78, 5) is 53.2. The van der Waals surface area contributed by atoms with Gasteiger partial charge in [0.05, 0.1) is 25.2 Å². The molecule has 1 unspecified atom stereocenters. The molecule has 0 saturated heterocycles. The number of carbonyl (C=O) groups is 4. The first kappa shape index (κ1) is 26.8. The molecule has 0 aromatic heterocycles. The average molecular weight is 581 g/mol. The molecule has 5 fully saturated rings. The molecule has 8 aliphatic rings. The molecular formula is C32H36O10. The number of carbonyl (C=O) groups excluding carboxylic acids is 4. The van der Waals surface area contributed by atoms with Gasteiger partial charge in [0.15, 0.2) is 5.78 Å². The van der Waals surface area contributed by atoms with Crippen molar-refractivity contribution >= 4 is 23.7 Å². The van der Waals surface area contributed by atoms with Crippen molar-refractivity contribution < 1.29 is 48.7 Å². The van der Waals surface area contributed by atoms with Crippen molar-refractivity contribution in [1.29, 1.82) is 0 Å². The Hall–Kier alpha value is -2.82. The van der Waals surface area contributed by atoms with Crippen molar-refractivity contribution in [3.63, 3.8) is 0 Å². The van der Waals surface area contributed by atoms with Crippen molar-refractivity contribution in [2.75, 3.05) is 13.7 Å². The van der Waals surface area contributed by atoms with E-state index in [2.05, 4.69) is 6.92 Å². The second-order valence-corrected chi connectivity index (χ2v) is 14.4. The van der Waals surface area contributed by atoms with E-state index in [-0.39, 0.29) is 46.8 Å². The smallest absolute Gasteiger partial charge is 0.337 e. The van der Waals surface area contributed by atoms with E-state index in [1.54, 1.807) is 0 Å². The van der Waals surface area contributed by atoms with Crippen LogP contribution in [0.3, 0.4) is 0 Å². The number of hydrogen-bond acceptors (Lipinski definition) is 10. The predicted molar refractivity (Wildman–Crippen MR) is 142 cm³/mol. The maximum atomic E-state index is 14.3. The van der Waals surface area contributed by atoms with E-state index in [9.17, 15) is 34.5 Å². The second-order valence-electron chi connectivity index (χ2n) is 14.4. The first-order valence-corrected chi connectivity index (χ1v) is 15.0. The molecule has 8 rings (SSSR count). The number of ether oxygens (including phenoxy) is 3. The molecule has 0 aromatic rings. The van der Waals surface area contributed by atoms with E-state index < -0.39 is 76.4 Å². The van der Waals surface area contributed by atoms with Gasteiger partial charge in [0, 0.05) is 41.2 Å². The number of allylic oxidation sites excluding steroid dienone is 1. The predicted octanol–water partition coefficient (Wildman–Crippen LogP) is 1.52. The van der Waals surface area contributed by atoms with Gasteiger partial charge in [-0.05, 0) is 66.9 Å². The van der Waals surface area contributed by atoms with E-state index in [0.717, 1.165) is 17.6 Å². The zero-order valence-corrected chi connectivity index (χ0v) is 24.4. The minimum Gasteiger partial charge on any atom is -0.466 e. The van der Waals surface area contributed by atoms with Crippen molar-refractivity contribution in [3.8, 4) is 0 Å². The van der Waals surface area contributed by atoms with E-state index in [1.807, 2.05) is 6.92 Å². The fourth-order valence-electron chi connectivity index (χ4n) is 11.5. The normalized spacial score (nSPS) is 51.5. The zero-order chi connectivity index (χ0) is 30.0. The van der Waals surface area contributed by atoms with Gasteiger partial charge in [-0.2, -0.15) is 0 Å². The largest absolute Gasteiger partial charge is 0.466 e. The molecule has 0 aromatic carbocycles. The van der Waals surface area contributed by atoms with Crippen LogP contribution in [0.2, 0.25) is 0 Å². The Bertz CT molecular complexity index is 1530. The van der Waals surface area contributed by atoms with Gasteiger partial charge in [0.2, 0.25) is 5.79 Å². The van der Waals surface area contributed by atoms with Crippen LogP contribution in [0.15, 0.2) is 33.4 Å². The number of Topliss-reactive ketones (excluding diaryl/α,β-unsaturated/α-hetero) is 1. The minimum absolute atomic E-state index is 0.0175. The van der Waals surface area contributed by atoms with Crippen molar-refractivity contribution in [1.82, 2.24) is 0 Å². The molecule has 1 heterocycles. The van der Waals surface area contributed by atoms with Crippen LogP contribution in [-0.4, -0.2) is 70.2 Å². The summed E-state index contributed by atoms with van der Waals surface area (Å²) in [6.07, 6.45) is 0.770. The number of aliphatic hydroxyl groups is 3. The van der Waals surface area contributed by atoms with Gasteiger partial charge in [-0.25, -0.2) is 9.59 Å². The van der Waals surface area contributed by atoms with Gasteiger partial charge in [0.1, 0.15) is 11.7 Å². The lowest BCUT2D eigenvalue weighted by atomic mass is 9.42. The SMILES string of the molecule is COC(=O)/C(C)=C1\C(=O)[C@H](O)[C@]2(C)C3=C(C[C@@H]4C5(OC(=O)C(CO)=C5C[C@H]5[C@](O)(OC(C)=O)[C@H]6C[C@H]6[C@]45C)[C@H]31)[C@H]1C[C@H]12. The third kappa shape index (κ3) is 2.59. The van der Waals surface area contributed by atoms with Crippen LogP contribution < -0.4 is 0 Å². The monoisotopic (exact) mass is 580 g/mol. The summed E-state index contributed by atoms with van der Waals surface area (Å²) in [7, 11) is 1.23. The van der Waals surface area contributed by atoms with Crippen molar-refractivity contribution in [2.24, 2.45) is 52.3 Å². The van der Waals surface area contributed by atoms with Gasteiger partial charge >= 0.3 is 17.9 Å². The summed E-state index contributed by atoms with van der Waals surface area (Å²) >= 11 is 0. The number of hydrogen-bond donors (Lipinski definition) is 3. The fraction of sp³-hybridized carbons (Fsp3) is 0.688. The minimum atomic E-state index is -1.74. The third-order valence-corrected chi connectivity index (χ3v) is 13.2.